The van der Waals surface area contributed by atoms with Gasteiger partial charge >= 0.3 is 0 Å². The van der Waals surface area contributed by atoms with E-state index in [0.717, 1.165) is 13.0 Å². The highest BCUT2D eigenvalue weighted by Gasteiger charge is 2.26. The zero-order valence-corrected chi connectivity index (χ0v) is 6.50. The van der Waals surface area contributed by atoms with Crippen LogP contribution >= 0.6 is 12.4 Å². The van der Waals surface area contributed by atoms with Gasteiger partial charge in [0.25, 0.3) is 0 Å². The van der Waals surface area contributed by atoms with Crippen molar-refractivity contribution >= 4 is 12.4 Å². The van der Waals surface area contributed by atoms with Gasteiger partial charge in [-0.2, -0.15) is 0 Å². The van der Waals surface area contributed by atoms with Crippen LogP contribution in [0.5, 0.6) is 0 Å². The van der Waals surface area contributed by atoms with E-state index in [4.69, 9.17) is 5.11 Å². The molecule has 0 aromatic heterocycles. The summed E-state index contributed by atoms with van der Waals surface area (Å²) in [6.45, 7) is 3.39. The lowest BCUT2D eigenvalue weighted by atomic mass is 10.0. The van der Waals surface area contributed by atoms with Crippen LogP contribution in [0.4, 0.5) is 0 Å². The number of hydrogen-bond acceptors (Lipinski definition) is 2. The standard InChI is InChI=1S/C6H13NO.ClH/c1-6(5-8)3-2-4-7-6;/h7-8H,2-5H2,1H3;1H/t6-;/m1./s1. The van der Waals surface area contributed by atoms with Crippen molar-refractivity contribution in [1.82, 2.24) is 5.32 Å². The fourth-order valence-electron chi connectivity index (χ4n) is 1.09. The van der Waals surface area contributed by atoms with Gasteiger partial charge in [-0.05, 0) is 26.3 Å². The monoisotopic (exact) mass is 151 g/mol. The Balaban J connectivity index is 0.000000640. The zero-order valence-electron chi connectivity index (χ0n) is 5.68. The molecule has 1 aliphatic rings. The van der Waals surface area contributed by atoms with Gasteiger partial charge in [0.05, 0.1) is 6.61 Å². The van der Waals surface area contributed by atoms with Crippen LogP contribution in [-0.2, 0) is 0 Å². The van der Waals surface area contributed by atoms with Gasteiger partial charge in [-0.1, -0.05) is 0 Å². The quantitative estimate of drug-likeness (QED) is 0.574. The van der Waals surface area contributed by atoms with Gasteiger partial charge < -0.3 is 10.4 Å². The van der Waals surface area contributed by atoms with Crippen molar-refractivity contribution in [3.05, 3.63) is 0 Å². The average Bonchev–Trinajstić information content (AvgIpc) is 2.17. The maximum atomic E-state index is 8.76. The molecule has 0 amide bonds. The Kier molecular flexibility index (Phi) is 3.48. The van der Waals surface area contributed by atoms with Gasteiger partial charge in [-0.25, -0.2) is 0 Å². The molecule has 0 aromatic carbocycles. The zero-order chi connectivity index (χ0) is 6.04. The number of halogens is 1. The van der Waals surface area contributed by atoms with Crippen molar-refractivity contribution in [3.8, 4) is 0 Å². The molecule has 1 heterocycles. The minimum absolute atomic E-state index is 0. The molecule has 2 N–H and O–H groups in total. The maximum Gasteiger partial charge on any atom is 0.0610 e. The normalized spacial score (nSPS) is 34.0. The van der Waals surface area contributed by atoms with Crippen molar-refractivity contribution in [2.24, 2.45) is 0 Å². The fourth-order valence-corrected chi connectivity index (χ4v) is 1.09. The second-order valence-electron chi connectivity index (χ2n) is 2.75. The highest BCUT2D eigenvalue weighted by atomic mass is 35.5. The van der Waals surface area contributed by atoms with Crippen molar-refractivity contribution in [2.75, 3.05) is 13.2 Å². The highest BCUT2D eigenvalue weighted by molar-refractivity contribution is 5.85. The molecule has 3 heteroatoms. The first-order valence-electron chi connectivity index (χ1n) is 3.13. The van der Waals surface area contributed by atoms with Crippen molar-refractivity contribution in [1.29, 1.82) is 0 Å². The predicted octanol–water partition coefficient (Wildman–Crippen LogP) is 0.543. The first-order valence-corrected chi connectivity index (χ1v) is 3.13. The Labute approximate surface area is 62.1 Å². The third-order valence-corrected chi connectivity index (χ3v) is 1.81. The summed E-state index contributed by atoms with van der Waals surface area (Å²) in [5.74, 6) is 0. The molecular weight excluding hydrogens is 138 g/mol. The molecule has 0 bridgehead atoms. The lowest BCUT2D eigenvalue weighted by molar-refractivity contribution is 0.192. The van der Waals surface area contributed by atoms with Crippen LogP contribution in [0.3, 0.4) is 0 Å². The largest absolute Gasteiger partial charge is 0.394 e. The van der Waals surface area contributed by atoms with E-state index in [-0.39, 0.29) is 24.6 Å². The minimum atomic E-state index is 0. The molecule has 0 aliphatic carbocycles. The molecule has 56 valence electrons. The van der Waals surface area contributed by atoms with Crippen LogP contribution in [0.25, 0.3) is 0 Å². The lowest BCUT2D eigenvalue weighted by Crippen LogP contribution is -2.39. The van der Waals surface area contributed by atoms with Crippen LogP contribution in [0, 0.1) is 0 Å². The molecule has 0 saturated carbocycles. The first kappa shape index (κ1) is 9.21. The van der Waals surface area contributed by atoms with Crippen LogP contribution in [-0.4, -0.2) is 23.8 Å². The van der Waals surface area contributed by atoms with Crippen molar-refractivity contribution in [2.45, 2.75) is 25.3 Å². The van der Waals surface area contributed by atoms with Gasteiger partial charge in [-0.3, -0.25) is 0 Å². The molecule has 0 aromatic rings. The van der Waals surface area contributed by atoms with Crippen LogP contribution < -0.4 is 5.32 Å². The van der Waals surface area contributed by atoms with E-state index < -0.39 is 0 Å². The van der Waals surface area contributed by atoms with Gasteiger partial charge in [0.2, 0.25) is 0 Å². The van der Waals surface area contributed by atoms with Crippen molar-refractivity contribution < 1.29 is 5.11 Å². The van der Waals surface area contributed by atoms with E-state index in [2.05, 4.69) is 12.2 Å². The molecular formula is C6H14ClNO. The number of rotatable bonds is 1. The topological polar surface area (TPSA) is 32.3 Å². The maximum absolute atomic E-state index is 8.76. The lowest BCUT2D eigenvalue weighted by Gasteiger charge is -2.19. The van der Waals surface area contributed by atoms with E-state index in [0.29, 0.717) is 0 Å². The number of nitrogens with one attached hydrogen (secondary N) is 1. The third kappa shape index (κ3) is 2.12. The van der Waals surface area contributed by atoms with E-state index in [1.165, 1.54) is 6.42 Å². The fraction of sp³-hybridized carbons (Fsp3) is 1.00. The first-order chi connectivity index (χ1) is 3.77. The molecule has 1 aliphatic heterocycles. The van der Waals surface area contributed by atoms with Gasteiger partial charge in [0, 0.05) is 5.54 Å². The molecule has 9 heavy (non-hydrogen) atoms. The summed E-state index contributed by atoms with van der Waals surface area (Å²) in [6, 6.07) is 0. The molecule has 1 rings (SSSR count). The Morgan fingerprint density at radius 1 is 1.67 bits per heavy atom. The van der Waals surface area contributed by atoms with Gasteiger partial charge in [0.1, 0.15) is 0 Å². The number of hydrogen-bond donors (Lipinski definition) is 2. The summed E-state index contributed by atoms with van der Waals surface area (Å²) >= 11 is 0. The summed E-state index contributed by atoms with van der Waals surface area (Å²) in [4.78, 5) is 0. The highest BCUT2D eigenvalue weighted by Crippen LogP contribution is 2.16. The van der Waals surface area contributed by atoms with Gasteiger partial charge in [-0.15, -0.1) is 12.4 Å². The van der Waals surface area contributed by atoms with E-state index in [1.54, 1.807) is 0 Å². The van der Waals surface area contributed by atoms with E-state index in [9.17, 15) is 0 Å². The summed E-state index contributed by atoms with van der Waals surface area (Å²) < 4.78 is 0. The van der Waals surface area contributed by atoms with Gasteiger partial charge in [0.15, 0.2) is 0 Å². The van der Waals surface area contributed by atoms with E-state index in [1.807, 2.05) is 0 Å². The Hall–Kier alpha value is 0.210. The average molecular weight is 152 g/mol. The number of aliphatic hydroxyl groups is 1. The summed E-state index contributed by atoms with van der Waals surface area (Å²) in [5, 5.41) is 12.0. The second kappa shape index (κ2) is 3.40. The molecule has 0 spiro atoms. The second-order valence-corrected chi connectivity index (χ2v) is 2.75. The van der Waals surface area contributed by atoms with Crippen LogP contribution in [0.15, 0.2) is 0 Å². The molecule has 0 unspecified atom stereocenters. The SMILES string of the molecule is C[C@]1(CO)CCCN1.Cl. The minimum Gasteiger partial charge on any atom is -0.394 e. The number of aliphatic hydroxyl groups excluding tert-OH is 1. The third-order valence-electron chi connectivity index (χ3n) is 1.81. The predicted molar refractivity (Wildman–Crippen MR) is 40.0 cm³/mol. The Morgan fingerprint density at radius 3 is 2.56 bits per heavy atom. The summed E-state index contributed by atoms with van der Waals surface area (Å²) in [7, 11) is 0. The smallest absolute Gasteiger partial charge is 0.0610 e. The Morgan fingerprint density at radius 2 is 2.33 bits per heavy atom. The molecule has 1 fully saturated rings. The molecule has 1 atom stereocenters. The van der Waals surface area contributed by atoms with Crippen molar-refractivity contribution in [3.63, 3.8) is 0 Å². The van der Waals surface area contributed by atoms with Crippen LogP contribution in [0.1, 0.15) is 19.8 Å². The van der Waals surface area contributed by atoms with Crippen LogP contribution in [0.2, 0.25) is 0 Å². The summed E-state index contributed by atoms with van der Waals surface area (Å²) in [6.07, 6.45) is 2.32. The Bertz CT molecular complexity index is 81.1. The molecule has 0 radical (unpaired) electrons. The molecule has 2 nitrogen and oxygen atoms in total. The summed E-state index contributed by atoms with van der Waals surface area (Å²) in [5.41, 5.74) is 0.0417. The molecule has 1 saturated heterocycles. The van der Waals surface area contributed by atoms with E-state index >= 15 is 0 Å².